The monoisotopic (exact) mass is 296 g/mol. The van der Waals surface area contributed by atoms with Crippen molar-refractivity contribution in [3.05, 3.63) is 22.8 Å². The number of hydrogen-bond acceptors (Lipinski definition) is 4. The van der Waals surface area contributed by atoms with Crippen LogP contribution in [0.5, 0.6) is 0 Å². The number of anilines is 1. The molecule has 3 N–H and O–H groups in total. The molecular weight excluding hydrogens is 276 g/mol. The first-order valence-electron chi connectivity index (χ1n) is 7.10. The zero-order valence-corrected chi connectivity index (χ0v) is 12.5. The van der Waals surface area contributed by atoms with E-state index in [2.05, 4.69) is 17.3 Å². The van der Waals surface area contributed by atoms with Crippen LogP contribution in [0.1, 0.15) is 49.4 Å². The summed E-state index contributed by atoms with van der Waals surface area (Å²) in [6.07, 6.45) is 7.02. The van der Waals surface area contributed by atoms with Crippen LogP contribution in [0.3, 0.4) is 0 Å². The van der Waals surface area contributed by atoms with Crippen molar-refractivity contribution in [2.75, 3.05) is 12.0 Å². The van der Waals surface area contributed by atoms with Crippen LogP contribution in [0.15, 0.2) is 12.3 Å². The van der Waals surface area contributed by atoms with Crippen molar-refractivity contribution in [1.82, 2.24) is 9.88 Å². The number of carbonyl (C=O) groups excluding carboxylic acids is 1. The molecular formula is C14H21ClN4O. The highest BCUT2D eigenvalue weighted by Crippen LogP contribution is 2.25. The normalized spacial score (nSPS) is 18.9. The van der Waals surface area contributed by atoms with E-state index in [1.54, 1.807) is 6.07 Å². The number of nitrogens with one attached hydrogen (secondary N) is 1. The Bertz CT molecular complexity index is 478. The van der Waals surface area contributed by atoms with Crippen LogP contribution in [0.25, 0.3) is 0 Å². The van der Waals surface area contributed by atoms with Crippen molar-refractivity contribution in [3.8, 4) is 0 Å². The lowest BCUT2D eigenvalue weighted by molar-refractivity contribution is 0.0600. The van der Waals surface area contributed by atoms with Gasteiger partial charge in [-0.25, -0.2) is 10.8 Å². The second-order valence-corrected chi connectivity index (χ2v) is 5.54. The third-order valence-corrected chi connectivity index (χ3v) is 4.02. The number of halogens is 1. The molecule has 0 aliphatic carbocycles. The molecule has 0 saturated carbocycles. The van der Waals surface area contributed by atoms with Crippen molar-refractivity contribution < 1.29 is 4.79 Å². The van der Waals surface area contributed by atoms with E-state index in [0.717, 1.165) is 32.2 Å². The van der Waals surface area contributed by atoms with Gasteiger partial charge in [-0.2, -0.15) is 0 Å². The molecule has 1 aromatic rings. The fraction of sp³-hybridized carbons (Fsp3) is 0.571. The number of carbonyl (C=O) groups is 1. The molecule has 1 amide bonds. The molecule has 1 unspecified atom stereocenters. The molecule has 0 spiro atoms. The van der Waals surface area contributed by atoms with Crippen molar-refractivity contribution in [2.45, 2.75) is 45.1 Å². The number of hydrogen-bond donors (Lipinski definition) is 2. The van der Waals surface area contributed by atoms with Gasteiger partial charge in [-0.05, 0) is 31.7 Å². The zero-order valence-electron chi connectivity index (χ0n) is 11.7. The Kier molecular flexibility index (Phi) is 5.20. The first-order valence-corrected chi connectivity index (χ1v) is 7.48. The maximum absolute atomic E-state index is 12.6. The quantitative estimate of drug-likeness (QED) is 0.662. The molecule has 1 saturated heterocycles. The molecule has 110 valence electrons. The summed E-state index contributed by atoms with van der Waals surface area (Å²) in [5.74, 6) is 5.69. The van der Waals surface area contributed by atoms with E-state index < -0.39 is 0 Å². The number of pyridine rings is 1. The maximum Gasteiger partial charge on any atom is 0.255 e. The predicted octanol–water partition coefficient (Wildman–Crippen LogP) is 2.82. The molecule has 6 heteroatoms. The second kappa shape index (κ2) is 6.90. The summed E-state index contributed by atoms with van der Waals surface area (Å²) in [6, 6.07) is 1.97. The van der Waals surface area contributed by atoms with E-state index in [-0.39, 0.29) is 5.91 Å². The Morgan fingerprint density at radius 3 is 3.05 bits per heavy atom. The van der Waals surface area contributed by atoms with Gasteiger partial charge in [-0.1, -0.05) is 24.9 Å². The predicted molar refractivity (Wildman–Crippen MR) is 80.6 cm³/mol. The summed E-state index contributed by atoms with van der Waals surface area (Å²) >= 11 is 6.03. The summed E-state index contributed by atoms with van der Waals surface area (Å²) in [6.45, 7) is 2.97. The van der Waals surface area contributed by atoms with Crippen LogP contribution >= 0.6 is 11.6 Å². The maximum atomic E-state index is 12.6. The van der Waals surface area contributed by atoms with Gasteiger partial charge in [0.15, 0.2) is 5.82 Å². The molecule has 0 aromatic carbocycles. The first-order chi connectivity index (χ1) is 9.67. The van der Waals surface area contributed by atoms with Gasteiger partial charge < -0.3 is 10.3 Å². The highest BCUT2D eigenvalue weighted by molar-refractivity contribution is 6.33. The van der Waals surface area contributed by atoms with E-state index >= 15 is 0 Å². The summed E-state index contributed by atoms with van der Waals surface area (Å²) in [5, 5.41) is 0.363. The van der Waals surface area contributed by atoms with Crippen molar-refractivity contribution >= 4 is 23.3 Å². The van der Waals surface area contributed by atoms with Crippen LogP contribution in [0.4, 0.5) is 5.82 Å². The number of nitrogens with zero attached hydrogens (tertiary/aromatic N) is 2. The zero-order chi connectivity index (χ0) is 14.5. The average molecular weight is 297 g/mol. The number of amides is 1. The van der Waals surface area contributed by atoms with E-state index in [9.17, 15) is 4.79 Å². The highest BCUT2D eigenvalue weighted by Gasteiger charge is 2.27. The lowest BCUT2D eigenvalue weighted by Gasteiger charge is -2.35. The van der Waals surface area contributed by atoms with Gasteiger partial charge in [-0.15, -0.1) is 0 Å². The molecule has 1 aliphatic rings. The van der Waals surface area contributed by atoms with Crippen molar-refractivity contribution in [2.24, 2.45) is 5.84 Å². The highest BCUT2D eigenvalue weighted by atomic mass is 35.5. The van der Waals surface area contributed by atoms with Crippen LogP contribution in [0.2, 0.25) is 5.02 Å². The molecule has 1 aromatic heterocycles. The molecule has 1 fully saturated rings. The van der Waals surface area contributed by atoms with Gasteiger partial charge in [-0.3, -0.25) is 4.79 Å². The third-order valence-electron chi connectivity index (χ3n) is 3.73. The number of nitrogens with two attached hydrogens (primary N) is 1. The minimum absolute atomic E-state index is 0.0149. The molecule has 20 heavy (non-hydrogen) atoms. The minimum Gasteiger partial charge on any atom is -0.336 e. The van der Waals surface area contributed by atoms with E-state index in [1.165, 1.54) is 12.6 Å². The number of hydrazine groups is 1. The number of likely N-dealkylation sites (tertiary alicyclic amines) is 1. The van der Waals surface area contributed by atoms with E-state index in [4.69, 9.17) is 17.4 Å². The smallest absolute Gasteiger partial charge is 0.255 e. The minimum atomic E-state index is 0.0149. The Balaban J connectivity index is 2.18. The fourth-order valence-electron chi connectivity index (χ4n) is 2.73. The van der Waals surface area contributed by atoms with Crippen LogP contribution in [-0.2, 0) is 0 Å². The van der Waals surface area contributed by atoms with Crippen LogP contribution < -0.4 is 11.3 Å². The summed E-state index contributed by atoms with van der Waals surface area (Å²) in [7, 11) is 0. The van der Waals surface area contributed by atoms with Crippen LogP contribution in [-0.4, -0.2) is 28.4 Å². The molecule has 1 atom stereocenters. The first kappa shape index (κ1) is 15.1. The number of rotatable bonds is 4. The van der Waals surface area contributed by atoms with Gasteiger partial charge in [0.05, 0.1) is 10.6 Å². The number of aromatic nitrogens is 1. The van der Waals surface area contributed by atoms with Crippen LogP contribution in [0, 0.1) is 0 Å². The lowest BCUT2D eigenvalue weighted by atomic mass is 9.97. The Labute approximate surface area is 124 Å². The molecule has 0 radical (unpaired) electrons. The van der Waals surface area contributed by atoms with Gasteiger partial charge in [0.1, 0.15) is 0 Å². The Morgan fingerprint density at radius 2 is 2.40 bits per heavy atom. The summed E-state index contributed by atoms with van der Waals surface area (Å²) < 4.78 is 0. The summed E-state index contributed by atoms with van der Waals surface area (Å²) in [4.78, 5) is 18.6. The van der Waals surface area contributed by atoms with Crippen molar-refractivity contribution in [1.29, 1.82) is 0 Å². The topological polar surface area (TPSA) is 71.2 Å². The molecule has 2 rings (SSSR count). The standard InChI is InChI=1S/C14H21ClN4O/c1-2-5-11-6-3-4-7-19(11)14(20)10-8-12(15)13(18-16)17-9-10/h8-9,11H,2-7,16H2,1H3,(H,17,18). The Morgan fingerprint density at radius 1 is 1.60 bits per heavy atom. The molecule has 1 aliphatic heterocycles. The van der Waals surface area contributed by atoms with E-state index in [0.29, 0.717) is 22.4 Å². The third kappa shape index (κ3) is 3.22. The number of piperidine rings is 1. The lowest BCUT2D eigenvalue weighted by Crippen LogP contribution is -2.43. The SMILES string of the molecule is CCCC1CCCCN1C(=O)c1cnc(NN)c(Cl)c1. The van der Waals surface area contributed by atoms with Crippen molar-refractivity contribution in [3.63, 3.8) is 0 Å². The Hall–Kier alpha value is -1.33. The molecule has 0 bridgehead atoms. The molecule has 2 heterocycles. The van der Waals surface area contributed by atoms with Gasteiger partial charge in [0.25, 0.3) is 5.91 Å². The van der Waals surface area contributed by atoms with Gasteiger partial charge in [0.2, 0.25) is 0 Å². The fourth-order valence-corrected chi connectivity index (χ4v) is 2.95. The molecule has 5 nitrogen and oxygen atoms in total. The number of nitrogen functional groups attached to an aromatic ring is 1. The summed E-state index contributed by atoms with van der Waals surface area (Å²) in [5.41, 5.74) is 2.93. The van der Waals surface area contributed by atoms with Gasteiger partial charge in [0, 0.05) is 18.8 Å². The van der Waals surface area contributed by atoms with Gasteiger partial charge >= 0.3 is 0 Å². The average Bonchev–Trinajstić information content (AvgIpc) is 2.47. The second-order valence-electron chi connectivity index (χ2n) is 5.14. The largest absolute Gasteiger partial charge is 0.336 e. The van der Waals surface area contributed by atoms with E-state index in [1.807, 2.05) is 4.90 Å².